The lowest BCUT2D eigenvalue weighted by Gasteiger charge is -2.05. The Balaban J connectivity index is 1.33. The molecule has 1 aromatic carbocycles. The molecule has 1 fully saturated rings. The Morgan fingerprint density at radius 1 is 1.44 bits per heavy atom. The smallest absolute Gasteiger partial charge is 0.308 e. The van der Waals surface area contributed by atoms with Crippen molar-refractivity contribution in [1.29, 1.82) is 0 Å². The highest BCUT2D eigenvalue weighted by atomic mass is 79.9. The third-order valence-electron chi connectivity index (χ3n) is 4.47. The monoisotopic (exact) mass is 464 g/mol. The van der Waals surface area contributed by atoms with E-state index in [0.717, 1.165) is 38.1 Å². The van der Waals surface area contributed by atoms with Gasteiger partial charge >= 0.3 is 11.8 Å². The minimum Gasteiger partial charge on any atom is -0.415 e. The molecule has 1 aliphatic rings. The van der Waals surface area contributed by atoms with Gasteiger partial charge in [0.25, 0.3) is 0 Å². The summed E-state index contributed by atoms with van der Waals surface area (Å²) in [6, 6.07) is 5.99. The van der Waals surface area contributed by atoms with Crippen LogP contribution in [0.15, 0.2) is 33.7 Å². The van der Waals surface area contributed by atoms with Crippen molar-refractivity contribution in [2.24, 2.45) is 0 Å². The van der Waals surface area contributed by atoms with E-state index >= 15 is 0 Å². The summed E-state index contributed by atoms with van der Waals surface area (Å²) >= 11 is 6.75. The molecule has 3 aromatic rings. The minimum atomic E-state index is -0.355. The second-order valence-corrected chi connectivity index (χ2v) is 9.49. The molecule has 1 amide bonds. The minimum absolute atomic E-state index is 0.0146. The van der Waals surface area contributed by atoms with E-state index in [2.05, 4.69) is 43.0 Å². The standard InChI is InChI=1S/C18H17BrN4O2S2/c1-10(16-21-12-4-3-11(19)9-13(12)27-16)5-8-20-14(24)15-22-23-17(25-15)18(26-2)6-7-18/h3-4,9H,1,5-8H2,2H3,(H,20,24). The number of amides is 1. The molecule has 0 radical (unpaired) electrons. The van der Waals surface area contributed by atoms with Crippen LogP contribution in [0, 0.1) is 0 Å². The highest BCUT2D eigenvalue weighted by Gasteiger charge is 2.49. The van der Waals surface area contributed by atoms with Crippen molar-refractivity contribution in [3.8, 4) is 0 Å². The Morgan fingerprint density at radius 2 is 2.26 bits per heavy atom. The summed E-state index contributed by atoms with van der Waals surface area (Å²) in [6.45, 7) is 4.53. The molecule has 9 heteroatoms. The second kappa shape index (κ2) is 7.37. The van der Waals surface area contributed by atoms with Crippen molar-refractivity contribution in [1.82, 2.24) is 20.5 Å². The molecule has 0 atom stereocenters. The highest BCUT2D eigenvalue weighted by molar-refractivity contribution is 9.10. The van der Waals surface area contributed by atoms with Crippen LogP contribution in [-0.2, 0) is 4.75 Å². The first-order valence-corrected chi connectivity index (χ1v) is 11.3. The summed E-state index contributed by atoms with van der Waals surface area (Å²) in [5.41, 5.74) is 1.84. The van der Waals surface area contributed by atoms with Crippen LogP contribution >= 0.6 is 39.0 Å². The summed E-state index contributed by atoms with van der Waals surface area (Å²) in [5.74, 6) is 0.206. The van der Waals surface area contributed by atoms with Gasteiger partial charge in [0.05, 0.1) is 15.0 Å². The van der Waals surface area contributed by atoms with Crippen LogP contribution < -0.4 is 5.32 Å². The van der Waals surface area contributed by atoms with Crippen LogP contribution in [0.1, 0.15) is 40.8 Å². The molecule has 2 aromatic heterocycles. The number of halogens is 1. The number of nitrogens with zero attached hydrogens (tertiary/aromatic N) is 3. The van der Waals surface area contributed by atoms with Gasteiger partial charge < -0.3 is 9.73 Å². The van der Waals surface area contributed by atoms with Gasteiger partial charge in [0, 0.05) is 11.0 Å². The number of aromatic nitrogens is 3. The van der Waals surface area contributed by atoms with Gasteiger partial charge in [-0.1, -0.05) is 22.5 Å². The molecule has 0 spiro atoms. The fourth-order valence-corrected chi connectivity index (χ4v) is 4.96. The molecule has 6 nitrogen and oxygen atoms in total. The number of carbonyl (C=O) groups is 1. The highest BCUT2D eigenvalue weighted by Crippen LogP contribution is 2.55. The molecular formula is C18H17BrN4O2S2. The number of hydrogen-bond donors (Lipinski definition) is 1. The van der Waals surface area contributed by atoms with E-state index in [-0.39, 0.29) is 16.5 Å². The number of fused-ring (bicyclic) bond motifs is 1. The van der Waals surface area contributed by atoms with Gasteiger partial charge in [-0.15, -0.1) is 33.3 Å². The van der Waals surface area contributed by atoms with Crippen molar-refractivity contribution in [3.05, 3.63) is 46.0 Å². The lowest BCUT2D eigenvalue weighted by atomic mass is 10.2. The van der Waals surface area contributed by atoms with Crippen LogP contribution in [0.3, 0.4) is 0 Å². The quantitative estimate of drug-likeness (QED) is 0.548. The predicted octanol–water partition coefficient (Wildman–Crippen LogP) is 4.63. The Morgan fingerprint density at radius 3 is 3.00 bits per heavy atom. The van der Waals surface area contributed by atoms with E-state index in [0.29, 0.717) is 18.9 Å². The van der Waals surface area contributed by atoms with E-state index in [1.54, 1.807) is 23.1 Å². The normalized spacial score (nSPS) is 15.0. The molecule has 1 aliphatic carbocycles. The summed E-state index contributed by atoms with van der Waals surface area (Å²) < 4.78 is 7.61. The van der Waals surface area contributed by atoms with E-state index in [1.165, 1.54) is 0 Å². The summed E-state index contributed by atoms with van der Waals surface area (Å²) in [4.78, 5) is 16.8. The first-order chi connectivity index (χ1) is 13.0. The average molecular weight is 465 g/mol. The number of thioether (sulfide) groups is 1. The molecule has 0 aliphatic heterocycles. The molecule has 27 heavy (non-hydrogen) atoms. The Hall–Kier alpha value is -1.71. The molecule has 4 rings (SSSR count). The SMILES string of the molecule is C=C(CCNC(=O)c1nnc(C2(SC)CC2)o1)c1nc2ccc(Br)cc2s1. The van der Waals surface area contributed by atoms with Crippen LogP contribution in [0.25, 0.3) is 15.8 Å². The van der Waals surface area contributed by atoms with E-state index in [9.17, 15) is 4.79 Å². The van der Waals surface area contributed by atoms with Gasteiger partial charge in [-0.25, -0.2) is 4.98 Å². The zero-order valence-electron chi connectivity index (χ0n) is 14.6. The molecule has 140 valence electrons. The zero-order valence-corrected chi connectivity index (χ0v) is 17.8. The lowest BCUT2D eigenvalue weighted by molar-refractivity contribution is 0.0918. The third-order valence-corrected chi connectivity index (χ3v) is 7.45. The maximum atomic E-state index is 12.2. The van der Waals surface area contributed by atoms with E-state index in [1.807, 2.05) is 24.5 Å². The van der Waals surface area contributed by atoms with Gasteiger partial charge in [0.1, 0.15) is 5.01 Å². The number of nitrogens with one attached hydrogen (secondary N) is 1. The number of benzene rings is 1. The van der Waals surface area contributed by atoms with Gasteiger partial charge in [-0.3, -0.25) is 4.79 Å². The van der Waals surface area contributed by atoms with Gasteiger partial charge in [0.15, 0.2) is 0 Å². The number of hydrogen-bond acceptors (Lipinski definition) is 7. The zero-order chi connectivity index (χ0) is 19.0. The number of thiazole rings is 1. The molecule has 2 heterocycles. The topological polar surface area (TPSA) is 80.9 Å². The molecule has 0 bridgehead atoms. The average Bonchev–Trinajstić information content (AvgIpc) is 3.10. The summed E-state index contributed by atoms with van der Waals surface area (Å²) in [6.07, 6.45) is 4.64. The maximum Gasteiger partial charge on any atom is 0.308 e. The van der Waals surface area contributed by atoms with Crippen LogP contribution in [0.2, 0.25) is 0 Å². The van der Waals surface area contributed by atoms with Gasteiger partial charge in [-0.05, 0) is 49.3 Å². The Kier molecular flexibility index (Phi) is 5.09. The number of rotatable bonds is 7. The fourth-order valence-electron chi connectivity index (χ4n) is 2.68. The second-order valence-electron chi connectivity index (χ2n) is 6.35. The lowest BCUT2D eigenvalue weighted by Crippen LogP contribution is -2.24. The molecule has 1 saturated carbocycles. The Labute approximate surface area is 173 Å². The first kappa shape index (κ1) is 18.6. The summed E-state index contributed by atoms with van der Waals surface area (Å²) in [5, 5.41) is 11.6. The first-order valence-electron chi connectivity index (χ1n) is 8.42. The number of carbonyl (C=O) groups excluding carboxylic acids is 1. The van der Waals surface area contributed by atoms with Crippen molar-refractivity contribution in [2.75, 3.05) is 12.8 Å². The Bertz CT molecular complexity index is 1030. The maximum absolute atomic E-state index is 12.2. The van der Waals surface area contributed by atoms with E-state index in [4.69, 9.17) is 4.42 Å². The molecule has 1 N–H and O–H groups in total. The van der Waals surface area contributed by atoms with Crippen LogP contribution in [0.5, 0.6) is 0 Å². The fraction of sp³-hybridized carbons (Fsp3) is 0.333. The molecule has 0 unspecified atom stereocenters. The largest absolute Gasteiger partial charge is 0.415 e. The van der Waals surface area contributed by atoms with Crippen LogP contribution in [-0.4, -0.2) is 33.9 Å². The molecular weight excluding hydrogens is 448 g/mol. The predicted molar refractivity (Wildman–Crippen MR) is 112 cm³/mol. The third kappa shape index (κ3) is 3.81. The van der Waals surface area contributed by atoms with Crippen molar-refractivity contribution < 1.29 is 9.21 Å². The van der Waals surface area contributed by atoms with Crippen molar-refractivity contribution >= 4 is 60.7 Å². The van der Waals surface area contributed by atoms with Crippen molar-refractivity contribution in [2.45, 2.75) is 24.0 Å². The van der Waals surface area contributed by atoms with Crippen molar-refractivity contribution in [3.63, 3.8) is 0 Å². The van der Waals surface area contributed by atoms with Crippen LogP contribution in [0.4, 0.5) is 0 Å². The molecule has 0 saturated heterocycles. The van der Waals surface area contributed by atoms with Gasteiger partial charge in [-0.2, -0.15) is 0 Å². The summed E-state index contributed by atoms with van der Waals surface area (Å²) in [7, 11) is 0. The van der Waals surface area contributed by atoms with Gasteiger partial charge in [0.2, 0.25) is 5.89 Å². The van der Waals surface area contributed by atoms with E-state index < -0.39 is 0 Å².